The van der Waals surface area contributed by atoms with Crippen molar-refractivity contribution in [1.82, 2.24) is 0 Å². The molecule has 0 atom stereocenters. The van der Waals surface area contributed by atoms with Crippen molar-refractivity contribution in [3.05, 3.63) is 53.1 Å². The van der Waals surface area contributed by atoms with Gasteiger partial charge in [0.05, 0.1) is 29.5 Å². The number of hydrogen-bond donors (Lipinski definition) is 1. The molecule has 108 valence electrons. The quantitative estimate of drug-likeness (QED) is 0.938. The highest BCUT2D eigenvalue weighted by Crippen LogP contribution is 2.29. The van der Waals surface area contributed by atoms with Gasteiger partial charge in [0.15, 0.2) is 0 Å². The zero-order chi connectivity index (χ0) is 15.5. The number of hydrogen-bond acceptors (Lipinski definition) is 4. The molecule has 0 saturated heterocycles. The largest absolute Gasteiger partial charge is 0.495 e. The zero-order valence-corrected chi connectivity index (χ0v) is 12.6. The lowest BCUT2D eigenvalue weighted by Gasteiger charge is -2.12. The third kappa shape index (κ3) is 3.27. The van der Waals surface area contributed by atoms with Crippen LogP contribution in [-0.2, 0) is 10.0 Å². The molecule has 0 aromatic heterocycles. The first-order valence-corrected chi connectivity index (χ1v) is 7.69. The second kappa shape index (κ2) is 6.04. The number of para-hydroxylation sites is 2. The molecule has 0 spiro atoms. The van der Waals surface area contributed by atoms with Gasteiger partial charge in [0.1, 0.15) is 10.6 Å². The van der Waals surface area contributed by atoms with Gasteiger partial charge in [-0.2, -0.15) is 5.26 Å². The Bertz CT molecular complexity index is 813. The Morgan fingerprint density at radius 2 is 1.95 bits per heavy atom. The first kappa shape index (κ1) is 15.2. The number of sulfonamides is 1. The minimum absolute atomic E-state index is 0.0383. The van der Waals surface area contributed by atoms with Gasteiger partial charge < -0.3 is 4.74 Å². The van der Waals surface area contributed by atoms with Crippen molar-refractivity contribution in [2.24, 2.45) is 0 Å². The predicted molar refractivity (Wildman–Crippen MR) is 80.0 cm³/mol. The molecule has 0 bridgehead atoms. The van der Waals surface area contributed by atoms with Crippen LogP contribution in [0, 0.1) is 11.3 Å². The molecule has 7 heteroatoms. The maximum Gasteiger partial charge on any atom is 0.263 e. The van der Waals surface area contributed by atoms with E-state index in [1.807, 2.05) is 6.07 Å². The van der Waals surface area contributed by atoms with Gasteiger partial charge in [-0.1, -0.05) is 23.7 Å². The Hall–Kier alpha value is -2.23. The minimum atomic E-state index is -3.92. The second-order valence-corrected chi connectivity index (χ2v) is 6.12. The molecular formula is C14H11ClN2O3S. The number of ether oxygens (including phenoxy) is 1. The number of methoxy groups -OCH3 is 1. The molecule has 21 heavy (non-hydrogen) atoms. The standard InChI is InChI=1S/C14H11ClN2O3S/c1-20-13-5-3-2-4-12(13)17-21(18,19)14-8-10(9-16)6-7-11(14)15/h2-8,17H,1H3. The van der Waals surface area contributed by atoms with Crippen LogP contribution in [0.15, 0.2) is 47.4 Å². The van der Waals surface area contributed by atoms with Gasteiger partial charge in [-0.15, -0.1) is 0 Å². The summed E-state index contributed by atoms with van der Waals surface area (Å²) in [5.41, 5.74) is 0.498. The molecule has 0 radical (unpaired) electrons. The Morgan fingerprint density at radius 3 is 2.62 bits per heavy atom. The summed E-state index contributed by atoms with van der Waals surface area (Å²) in [6, 6.07) is 12.5. The summed E-state index contributed by atoms with van der Waals surface area (Å²) < 4.78 is 32.3. The van der Waals surface area contributed by atoms with Crippen LogP contribution in [0.1, 0.15) is 5.56 Å². The first-order chi connectivity index (χ1) is 9.97. The Kier molecular flexibility index (Phi) is 4.36. The fourth-order valence-corrected chi connectivity index (χ4v) is 3.30. The van der Waals surface area contributed by atoms with Gasteiger partial charge in [-0.25, -0.2) is 8.42 Å². The Balaban J connectivity index is 2.46. The minimum Gasteiger partial charge on any atom is -0.495 e. The lowest BCUT2D eigenvalue weighted by atomic mass is 10.2. The molecule has 5 nitrogen and oxygen atoms in total. The summed E-state index contributed by atoms with van der Waals surface area (Å²) in [5, 5.41) is 8.90. The van der Waals surface area contributed by atoms with Gasteiger partial charge in [0, 0.05) is 0 Å². The van der Waals surface area contributed by atoms with Gasteiger partial charge in [-0.05, 0) is 30.3 Å². The van der Waals surface area contributed by atoms with E-state index in [9.17, 15) is 8.42 Å². The van der Waals surface area contributed by atoms with Crippen LogP contribution in [0.3, 0.4) is 0 Å². The van der Waals surface area contributed by atoms with E-state index < -0.39 is 10.0 Å². The van der Waals surface area contributed by atoms with E-state index in [1.165, 1.54) is 25.3 Å². The normalized spacial score (nSPS) is 10.7. The molecule has 2 aromatic rings. The fraction of sp³-hybridized carbons (Fsp3) is 0.0714. The van der Waals surface area contributed by atoms with Crippen molar-refractivity contribution in [2.45, 2.75) is 4.90 Å². The molecule has 0 heterocycles. The Morgan fingerprint density at radius 1 is 1.24 bits per heavy atom. The van der Waals surface area contributed by atoms with Crippen molar-refractivity contribution in [3.8, 4) is 11.8 Å². The SMILES string of the molecule is COc1ccccc1NS(=O)(=O)c1cc(C#N)ccc1Cl. The van der Waals surface area contributed by atoms with Crippen molar-refractivity contribution in [3.63, 3.8) is 0 Å². The third-order valence-corrected chi connectivity index (χ3v) is 4.55. The number of nitrogens with one attached hydrogen (secondary N) is 1. The maximum atomic E-state index is 12.4. The van der Waals surface area contributed by atoms with Crippen LogP contribution in [-0.4, -0.2) is 15.5 Å². The summed E-state index contributed by atoms with van der Waals surface area (Å²) in [5.74, 6) is 0.383. The van der Waals surface area contributed by atoms with Crippen molar-refractivity contribution in [2.75, 3.05) is 11.8 Å². The van der Waals surface area contributed by atoms with Crippen LogP contribution in [0.4, 0.5) is 5.69 Å². The van der Waals surface area contributed by atoms with E-state index >= 15 is 0 Å². The molecule has 0 amide bonds. The average Bonchev–Trinajstić information content (AvgIpc) is 2.47. The van der Waals surface area contributed by atoms with Gasteiger partial charge in [0.2, 0.25) is 0 Å². The van der Waals surface area contributed by atoms with E-state index in [-0.39, 0.29) is 15.5 Å². The van der Waals surface area contributed by atoms with Crippen molar-refractivity contribution >= 4 is 27.3 Å². The monoisotopic (exact) mass is 322 g/mol. The van der Waals surface area contributed by atoms with Crippen molar-refractivity contribution in [1.29, 1.82) is 5.26 Å². The number of benzene rings is 2. The van der Waals surface area contributed by atoms with Crippen LogP contribution in [0.2, 0.25) is 5.02 Å². The molecule has 2 aromatic carbocycles. The second-order valence-electron chi connectivity index (χ2n) is 4.06. The number of anilines is 1. The Labute approximate surface area is 127 Å². The molecule has 0 aliphatic rings. The van der Waals surface area contributed by atoms with Gasteiger partial charge in [0.25, 0.3) is 10.0 Å². The summed E-state index contributed by atoms with van der Waals surface area (Å²) >= 11 is 5.92. The molecule has 0 saturated carbocycles. The number of rotatable bonds is 4. The van der Waals surface area contributed by atoms with Crippen LogP contribution < -0.4 is 9.46 Å². The molecule has 0 aliphatic heterocycles. The maximum absolute atomic E-state index is 12.4. The third-order valence-electron chi connectivity index (χ3n) is 2.70. The highest BCUT2D eigenvalue weighted by atomic mass is 35.5. The average molecular weight is 323 g/mol. The van der Waals surface area contributed by atoms with Gasteiger partial charge in [-0.3, -0.25) is 4.72 Å². The predicted octanol–water partition coefficient (Wildman–Crippen LogP) is 3.02. The number of halogens is 1. The summed E-state index contributed by atoms with van der Waals surface area (Å²) in [7, 11) is -2.48. The fourth-order valence-electron chi connectivity index (χ4n) is 1.71. The smallest absolute Gasteiger partial charge is 0.263 e. The van der Waals surface area contributed by atoms with E-state index in [2.05, 4.69) is 4.72 Å². The molecule has 0 unspecified atom stereocenters. The van der Waals surface area contributed by atoms with Gasteiger partial charge >= 0.3 is 0 Å². The highest BCUT2D eigenvalue weighted by molar-refractivity contribution is 7.92. The molecular weight excluding hydrogens is 312 g/mol. The summed E-state index contributed by atoms with van der Waals surface area (Å²) in [4.78, 5) is -0.158. The van der Waals surface area contributed by atoms with Crippen LogP contribution >= 0.6 is 11.6 Å². The molecule has 2 rings (SSSR count). The molecule has 0 fully saturated rings. The van der Waals surface area contributed by atoms with E-state index in [1.54, 1.807) is 24.3 Å². The lowest BCUT2D eigenvalue weighted by Crippen LogP contribution is -2.14. The molecule has 0 aliphatic carbocycles. The van der Waals surface area contributed by atoms with Crippen LogP contribution in [0.5, 0.6) is 5.75 Å². The van der Waals surface area contributed by atoms with E-state index in [0.29, 0.717) is 11.4 Å². The summed E-state index contributed by atoms with van der Waals surface area (Å²) in [6.07, 6.45) is 0. The zero-order valence-electron chi connectivity index (χ0n) is 11.0. The number of nitrogens with zero attached hydrogens (tertiary/aromatic N) is 1. The van der Waals surface area contributed by atoms with E-state index in [0.717, 1.165) is 0 Å². The summed E-state index contributed by atoms with van der Waals surface area (Å²) in [6.45, 7) is 0. The number of nitriles is 1. The van der Waals surface area contributed by atoms with E-state index in [4.69, 9.17) is 21.6 Å². The lowest BCUT2D eigenvalue weighted by molar-refractivity contribution is 0.417. The highest BCUT2D eigenvalue weighted by Gasteiger charge is 2.20. The first-order valence-electron chi connectivity index (χ1n) is 5.83. The van der Waals surface area contributed by atoms with Crippen LogP contribution in [0.25, 0.3) is 0 Å². The van der Waals surface area contributed by atoms with Crippen molar-refractivity contribution < 1.29 is 13.2 Å². The molecule has 1 N–H and O–H groups in total. The topological polar surface area (TPSA) is 79.2 Å².